The minimum Gasteiger partial charge on any atom is -0.370 e. The molecule has 1 amide bonds. The van der Waals surface area contributed by atoms with Crippen LogP contribution in [0.1, 0.15) is 29.3 Å². The maximum absolute atomic E-state index is 12.1. The van der Waals surface area contributed by atoms with Crippen molar-refractivity contribution in [2.45, 2.75) is 20.3 Å². The molecule has 0 bridgehead atoms. The summed E-state index contributed by atoms with van der Waals surface area (Å²) < 4.78 is 0. The van der Waals surface area contributed by atoms with E-state index in [1.165, 1.54) is 0 Å². The third kappa shape index (κ3) is 3.57. The fourth-order valence-electron chi connectivity index (χ4n) is 1.85. The minimum absolute atomic E-state index is 0.112. The largest absolute Gasteiger partial charge is 0.370 e. The molecule has 2 N–H and O–H groups in total. The van der Waals surface area contributed by atoms with Crippen molar-refractivity contribution < 1.29 is 4.79 Å². The number of amides is 1. The molecule has 20 heavy (non-hydrogen) atoms. The highest BCUT2D eigenvalue weighted by atomic mass is 16.1. The topological polar surface area (TPSA) is 54.0 Å². The molecule has 0 aliphatic rings. The molecule has 1 heterocycles. The highest BCUT2D eigenvalue weighted by Crippen LogP contribution is 2.13. The van der Waals surface area contributed by atoms with Gasteiger partial charge in [-0.15, -0.1) is 0 Å². The Morgan fingerprint density at radius 2 is 2.00 bits per heavy atom. The average molecular weight is 269 g/mol. The third-order valence-corrected chi connectivity index (χ3v) is 2.97. The van der Waals surface area contributed by atoms with Crippen LogP contribution in [0.25, 0.3) is 0 Å². The van der Waals surface area contributed by atoms with Gasteiger partial charge in [0.05, 0.1) is 11.9 Å². The van der Waals surface area contributed by atoms with E-state index in [2.05, 4.69) is 22.5 Å². The van der Waals surface area contributed by atoms with Crippen LogP contribution < -0.4 is 10.6 Å². The van der Waals surface area contributed by atoms with Crippen LogP contribution in [0.3, 0.4) is 0 Å². The van der Waals surface area contributed by atoms with Crippen molar-refractivity contribution in [3.8, 4) is 0 Å². The molecule has 0 spiro atoms. The fraction of sp³-hybridized carbons (Fsp3) is 0.250. The van der Waals surface area contributed by atoms with Crippen LogP contribution in [0.2, 0.25) is 0 Å². The van der Waals surface area contributed by atoms with Crippen LogP contribution >= 0.6 is 0 Å². The van der Waals surface area contributed by atoms with Gasteiger partial charge in [0.25, 0.3) is 5.91 Å². The minimum atomic E-state index is -0.112. The molecule has 0 saturated heterocycles. The summed E-state index contributed by atoms with van der Waals surface area (Å²) in [4.78, 5) is 16.4. The second kappa shape index (κ2) is 6.70. The molecular weight excluding hydrogens is 250 g/mol. The van der Waals surface area contributed by atoms with Crippen molar-refractivity contribution in [1.29, 1.82) is 0 Å². The van der Waals surface area contributed by atoms with Crippen molar-refractivity contribution in [3.05, 3.63) is 53.7 Å². The SMILES string of the molecule is CCCNc1ccc(NC(=O)c2ccccc2C)cn1. The summed E-state index contributed by atoms with van der Waals surface area (Å²) in [7, 11) is 0. The van der Waals surface area contributed by atoms with E-state index in [0.717, 1.165) is 24.3 Å². The Bertz CT molecular complexity index is 579. The van der Waals surface area contributed by atoms with Crippen LogP contribution in [0.5, 0.6) is 0 Å². The Balaban J connectivity index is 2.03. The number of benzene rings is 1. The van der Waals surface area contributed by atoms with E-state index in [1.807, 2.05) is 43.3 Å². The Morgan fingerprint density at radius 1 is 1.20 bits per heavy atom. The van der Waals surface area contributed by atoms with Gasteiger partial charge in [0.15, 0.2) is 0 Å². The lowest BCUT2D eigenvalue weighted by atomic mass is 10.1. The molecular formula is C16H19N3O. The predicted molar refractivity (Wildman–Crippen MR) is 82.1 cm³/mol. The number of anilines is 2. The average Bonchev–Trinajstić information content (AvgIpc) is 2.47. The van der Waals surface area contributed by atoms with E-state index in [0.29, 0.717) is 11.3 Å². The summed E-state index contributed by atoms with van der Waals surface area (Å²) in [6.07, 6.45) is 2.71. The zero-order valence-electron chi connectivity index (χ0n) is 11.8. The third-order valence-electron chi connectivity index (χ3n) is 2.97. The standard InChI is InChI=1S/C16H19N3O/c1-3-10-17-15-9-8-13(11-18-15)19-16(20)14-7-5-4-6-12(14)2/h4-9,11H,3,10H2,1-2H3,(H,17,18)(H,19,20). The number of hydrogen-bond donors (Lipinski definition) is 2. The second-order valence-corrected chi connectivity index (χ2v) is 4.63. The van der Waals surface area contributed by atoms with Crippen LogP contribution in [0.15, 0.2) is 42.6 Å². The van der Waals surface area contributed by atoms with Crippen molar-refractivity contribution in [3.63, 3.8) is 0 Å². The van der Waals surface area contributed by atoms with Gasteiger partial charge >= 0.3 is 0 Å². The van der Waals surface area contributed by atoms with E-state index in [-0.39, 0.29) is 5.91 Å². The van der Waals surface area contributed by atoms with E-state index in [9.17, 15) is 4.79 Å². The highest BCUT2D eigenvalue weighted by molar-refractivity contribution is 6.05. The maximum Gasteiger partial charge on any atom is 0.255 e. The molecule has 2 aromatic rings. The number of carbonyl (C=O) groups is 1. The molecule has 4 heteroatoms. The molecule has 0 atom stereocenters. The van der Waals surface area contributed by atoms with Gasteiger partial charge in [-0.05, 0) is 37.1 Å². The normalized spacial score (nSPS) is 10.1. The van der Waals surface area contributed by atoms with Crippen LogP contribution in [-0.4, -0.2) is 17.4 Å². The fourth-order valence-corrected chi connectivity index (χ4v) is 1.85. The van der Waals surface area contributed by atoms with Crippen molar-refractivity contribution in [2.24, 2.45) is 0 Å². The van der Waals surface area contributed by atoms with Gasteiger partial charge in [0.1, 0.15) is 5.82 Å². The first-order valence-electron chi connectivity index (χ1n) is 6.77. The smallest absolute Gasteiger partial charge is 0.255 e. The molecule has 4 nitrogen and oxygen atoms in total. The summed E-state index contributed by atoms with van der Waals surface area (Å²) in [5.41, 5.74) is 2.33. The molecule has 0 aliphatic heterocycles. The number of hydrogen-bond acceptors (Lipinski definition) is 3. The van der Waals surface area contributed by atoms with E-state index < -0.39 is 0 Å². The van der Waals surface area contributed by atoms with E-state index >= 15 is 0 Å². The molecule has 2 rings (SSSR count). The van der Waals surface area contributed by atoms with Gasteiger partial charge in [0, 0.05) is 12.1 Å². The summed E-state index contributed by atoms with van der Waals surface area (Å²) >= 11 is 0. The number of pyridine rings is 1. The monoisotopic (exact) mass is 269 g/mol. The molecule has 1 aromatic carbocycles. The molecule has 104 valence electrons. The Morgan fingerprint density at radius 3 is 2.65 bits per heavy atom. The predicted octanol–water partition coefficient (Wildman–Crippen LogP) is 3.46. The van der Waals surface area contributed by atoms with Gasteiger partial charge in [0.2, 0.25) is 0 Å². The van der Waals surface area contributed by atoms with E-state index in [4.69, 9.17) is 0 Å². The van der Waals surface area contributed by atoms with Crippen molar-refractivity contribution in [1.82, 2.24) is 4.98 Å². The molecule has 0 radical (unpaired) electrons. The number of aryl methyl sites for hydroxylation is 1. The van der Waals surface area contributed by atoms with Gasteiger partial charge in [-0.25, -0.2) is 4.98 Å². The molecule has 0 aliphatic carbocycles. The number of aromatic nitrogens is 1. The lowest BCUT2D eigenvalue weighted by Gasteiger charge is -2.08. The Hall–Kier alpha value is -2.36. The van der Waals surface area contributed by atoms with Crippen LogP contribution in [0.4, 0.5) is 11.5 Å². The zero-order chi connectivity index (χ0) is 14.4. The van der Waals surface area contributed by atoms with Gasteiger partial charge < -0.3 is 10.6 Å². The first-order chi connectivity index (χ1) is 9.70. The van der Waals surface area contributed by atoms with E-state index in [1.54, 1.807) is 6.20 Å². The quantitative estimate of drug-likeness (QED) is 0.874. The zero-order valence-corrected chi connectivity index (χ0v) is 11.8. The summed E-state index contributed by atoms with van der Waals surface area (Å²) in [6.45, 7) is 4.91. The van der Waals surface area contributed by atoms with Crippen molar-refractivity contribution in [2.75, 3.05) is 17.2 Å². The molecule has 0 saturated carbocycles. The molecule has 0 unspecified atom stereocenters. The summed E-state index contributed by atoms with van der Waals surface area (Å²) in [6, 6.07) is 11.2. The number of nitrogens with zero attached hydrogens (tertiary/aromatic N) is 1. The maximum atomic E-state index is 12.1. The van der Waals surface area contributed by atoms with Gasteiger partial charge in [-0.2, -0.15) is 0 Å². The summed E-state index contributed by atoms with van der Waals surface area (Å²) in [5, 5.41) is 6.04. The highest BCUT2D eigenvalue weighted by Gasteiger charge is 2.08. The first-order valence-corrected chi connectivity index (χ1v) is 6.77. The molecule has 1 aromatic heterocycles. The van der Waals surface area contributed by atoms with Gasteiger partial charge in [-0.1, -0.05) is 25.1 Å². The Labute approximate surface area is 119 Å². The number of carbonyl (C=O) groups excluding carboxylic acids is 1. The number of rotatable bonds is 5. The number of nitrogens with one attached hydrogen (secondary N) is 2. The lowest BCUT2D eigenvalue weighted by molar-refractivity contribution is 0.102. The lowest BCUT2D eigenvalue weighted by Crippen LogP contribution is -2.13. The first kappa shape index (κ1) is 14.1. The van der Waals surface area contributed by atoms with Gasteiger partial charge in [-0.3, -0.25) is 4.79 Å². The Kier molecular flexibility index (Phi) is 4.71. The second-order valence-electron chi connectivity index (χ2n) is 4.63. The van der Waals surface area contributed by atoms with Crippen molar-refractivity contribution >= 4 is 17.4 Å². The van der Waals surface area contributed by atoms with Crippen LogP contribution in [0, 0.1) is 6.92 Å². The van der Waals surface area contributed by atoms with Crippen LogP contribution in [-0.2, 0) is 0 Å². The summed E-state index contributed by atoms with van der Waals surface area (Å²) in [5.74, 6) is 0.708. The molecule has 0 fully saturated rings.